The van der Waals surface area contributed by atoms with Crippen LogP contribution in [0.25, 0.3) is 11.0 Å². The summed E-state index contributed by atoms with van der Waals surface area (Å²) in [5.74, 6) is 0.994. The number of aromatic nitrogens is 3. The molecule has 3 rings (SSSR count). The summed E-state index contributed by atoms with van der Waals surface area (Å²) in [5.41, 5.74) is 3.82. The van der Waals surface area contributed by atoms with Crippen LogP contribution in [0.2, 0.25) is 0 Å². The van der Waals surface area contributed by atoms with Crippen LogP contribution in [0.1, 0.15) is 11.3 Å². The molecule has 3 N–H and O–H groups in total. The Morgan fingerprint density at radius 3 is 2.55 bits per heavy atom. The predicted octanol–water partition coefficient (Wildman–Crippen LogP) is 4.45. The fraction of sp³-hybridized carbons (Fsp3) is 0.263. The number of quaternary nitrogens is 1. The van der Waals surface area contributed by atoms with Gasteiger partial charge in [-0.2, -0.15) is 9.59 Å². The maximum Gasteiger partial charge on any atom is 0.524 e. The van der Waals surface area contributed by atoms with Gasteiger partial charge in [-0.15, -0.1) is 16.2 Å². The van der Waals surface area contributed by atoms with Crippen LogP contribution >= 0.6 is 23.5 Å². The van der Waals surface area contributed by atoms with Gasteiger partial charge in [-0.1, -0.05) is 23.9 Å². The quantitative estimate of drug-likeness (QED) is 0.370. The van der Waals surface area contributed by atoms with Gasteiger partial charge in [0, 0.05) is 22.6 Å². The Balaban J connectivity index is 1.64. The van der Waals surface area contributed by atoms with Crippen LogP contribution in [0.5, 0.6) is 0 Å². The molecule has 2 amide bonds. The molecule has 0 atom stereocenters. The van der Waals surface area contributed by atoms with E-state index in [1.54, 1.807) is 18.0 Å². The molecular formula is C19H21N4O4S2+. The van der Waals surface area contributed by atoms with E-state index in [2.05, 4.69) is 15.0 Å². The molecule has 0 aliphatic heterocycles. The van der Waals surface area contributed by atoms with Gasteiger partial charge in [-0.3, -0.25) is 4.98 Å². The predicted molar refractivity (Wildman–Crippen MR) is 112 cm³/mol. The van der Waals surface area contributed by atoms with Gasteiger partial charge in [0.15, 0.2) is 5.16 Å². The van der Waals surface area contributed by atoms with Gasteiger partial charge in [0.1, 0.15) is 6.54 Å². The van der Waals surface area contributed by atoms with Crippen molar-refractivity contribution in [1.29, 1.82) is 0 Å². The highest BCUT2D eigenvalue weighted by atomic mass is 32.2. The molecule has 0 saturated heterocycles. The first-order valence-corrected chi connectivity index (χ1v) is 10.8. The third kappa shape index (κ3) is 4.72. The molecule has 0 radical (unpaired) electrons. The molecule has 2 heterocycles. The van der Waals surface area contributed by atoms with Crippen molar-refractivity contribution >= 4 is 46.7 Å². The fourth-order valence-corrected chi connectivity index (χ4v) is 4.68. The van der Waals surface area contributed by atoms with Crippen molar-refractivity contribution in [2.24, 2.45) is 0 Å². The highest BCUT2D eigenvalue weighted by Gasteiger charge is 2.40. The zero-order chi connectivity index (χ0) is 21.0. The van der Waals surface area contributed by atoms with E-state index < -0.39 is 16.7 Å². The van der Waals surface area contributed by atoms with E-state index in [4.69, 9.17) is 0 Å². The van der Waals surface area contributed by atoms with E-state index in [-0.39, 0.29) is 6.54 Å². The maximum absolute atomic E-state index is 11.3. The number of benzene rings is 1. The molecule has 1 aromatic carbocycles. The van der Waals surface area contributed by atoms with Crippen LogP contribution in [0.15, 0.2) is 46.6 Å². The Labute approximate surface area is 176 Å². The number of pyridine rings is 1. The number of hydrogen-bond donors (Lipinski definition) is 3. The van der Waals surface area contributed by atoms with E-state index in [0.29, 0.717) is 11.5 Å². The second-order valence-corrected chi connectivity index (χ2v) is 8.66. The first-order chi connectivity index (χ1) is 13.8. The largest absolute Gasteiger partial charge is 0.524 e. The van der Waals surface area contributed by atoms with Gasteiger partial charge in [0.25, 0.3) is 0 Å². The summed E-state index contributed by atoms with van der Waals surface area (Å²) in [6, 6.07) is 9.70. The van der Waals surface area contributed by atoms with Crippen molar-refractivity contribution < 1.29 is 24.3 Å². The number of amides is 2. The van der Waals surface area contributed by atoms with E-state index in [0.717, 1.165) is 32.3 Å². The minimum atomic E-state index is -1.38. The third-order valence-corrected chi connectivity index (χ3v) is 6.64. The average molecular weight is 434 g/mol. The van der Waals surface area contributed by atoms with Crippen LogP contribution in [0.3, 0.4) is 0 Å². The summed E-state index contributed by atoms with van der Waals surface area (Å²) in [6.45, 7) is 1.94. The van der Waals surface area contributed by atoms with E-state index in [1.165, 1.54) is 18.8 Å². The number of hydrogen-bond acceptors (Lipinski definition) is 6. The summed E-state index contributed by atoms with van der Waals surface area (Å²) in [4.78, 5) is 35.8. The first kappa shape index (κ1) is 21.2. The summed E-state index contributed by atoms with van der Waals surface area (Å²) in [5, 5.41) is 19.2. The number of carbonyl (C=O) groups is 2. The van der Waals surface area contributed by atoms with Crippen molar-refractivity contribution in [3.8, 4) is 0 Å². The number of nitrogens with zero attached hydrogens (tertiary/aromatic N) is 3. The molecule has 0 aliphatic rings. The van der Waals surface area contributed by atoms with Gasteiger partial charge in [0.05, 0.1) is 23.8 Å². The lowest BCUT2D eigenvalue weighted by atomic mass is 10.2. The number of thioether (sulfide) groups is 2. The van der Waals surface area contributed by atoms with Gasteiger partial charge in [0.2, 0.25) is 0 Å². The summed E-state index contributed by atoms with van der Waals surface area (Å²) in [6.07, 6.45) is -1.05. The normalized spacial score (nSPS) is 11.7. The average Bonchev–Trinajstić information content (AvgIpc) is 3.10. The van der Waals surface area contributed by atoms with Crippen molar-refractivity contribution in [2.45, 2.75) is 22.7 Å². The van der Waals surface area contributed by atoms with Gasteiger partial charge in [-0.05, 0) is 30.7 Å². The Morgan fingerprint density at radius 2 is 1.86 bits per heavy atom. The van der Waals surface area contributed by atoms with Crippen LogP contribution in [-0.4, -0.2) is 61.2 Å². The minimum absolute atomic E-state index is 0.0276. The molecule has 152 valence electrons. The SMILES string of the molecule is Cc1c(SCC[N+](C)(C(=O)O)C(=O)O)ccnc1CSc1nc2ccccc2[nH]1. The summed E-state index contributed by atoms with van der Waals surface area (Å²) < 4.78 is -1.06. The van der Waals surface area contributed by atoms with Crippen molar-refractivity contribution in [1.82, 2.24) is 15.0 Å². The Morgan fingerprint density at radius 1 is 1.14 bits per heavy atom. The molecular weight excluding hydrogens is 412 g/mol. The van der Waals surface area contributed by atoms with E-state index >= 15 is 0 Å². The number of nitrogens with one attached hydrogen (secondary N) is 1. The van der Waals surface area contributed by atoms with Crippen LogP contribution in [0.4, 0.5) is 9.59 Å². The van der Waals surface area contributed by atoms with Crippen molar-refractivity contribution in [2.75, 3.05) is 19.3 Å². The lowest BCUT2D eigenvalue weighted by molar-refractivity contribution is -0.759. The number of carboxylic acid groups (broad SMARTS) is 2. The highest BCUT2D eigenvalue weighted by molar-refractivity contribution is 7.99. The molecule has 0 spiro atoms. The number of rotatable bonds is 7. The maximum atomic E-state index is 11.3. The van der Waals surface area contributed by atoms with Crippen LogP contribution in [0, 0.1) is 6.92 Å². The summed E-state index contributed by atoms with van der Waals surface area (Å²) >= 11 is 2.99. The van der Waals surface area contributed by atoms with E-state index in [1.807, 2.05) is 37.3 Å². The van der Waals surface area contributed by atoms with Crippen LogP contribution < -0.4 is 0 Å². The van der Waals surface area contributed by atoms with Crippen molar-refractivity contribution in [3.63, 3.8) is 0 Å². The zero-order valence-electron chi connectivity index (χ0n) is 16.0. The smallest absolute Gasteiger partial charge is 0.435 e. The molecule has 29 heavy (non-hydrogen) atoms. The molecule has 10 heteroatoms. The highest BCUT2D eigenvalue weighted by Crippen LogP contribution is 2.28. The van der Waals surface area contributed by atoms with Crippen LogP contribution in [-0.2, 0) is 5.75 Å². The summed E-state index contributed by atoms with van der Waals surface area (Å²) in [7, 11) is 1.18. The first-order valence-electron chi connectivity index (χ1n) is 8.78. The Kier molecular flexibility index (Phi) is 6.46. The molecule has 0 unspecified atom stereocenters. The number of imide groups is 1. The van der Waals surface area contributed by atoms with Gasteiger partial charge in [-0.25, -0.2) is 4.98 Å². The second kappa shape index (κ2) is 8.85. The Bertz CT molecular complexity index is 1010. The molecule has 0 bridgehead atoms. The van der Waals surface area contributed by atoms with E-state index in [9.17, 15) is 19.8 Å². The van der Waals surface area contributed by atoms with Gasteiger partial charge < -0.3 is 15.2 Å². The number of para-hydroxylation sites is 2. The number of imidazole rings is 1. The zero-order valence-corrected chi connectivity index (χ0v) is 17.6. The lowest BCUT2D eigenvalue weighted by Gasteiger charge is -2.21. The molecule has 8 nitrogen and oxygen atoms in total. The molecule has 0 saturated carbocycles. The molecule has 2 aromatic heterocycles. The molecule has 0 aliphatic carbocycles. The number of H-pyrrole nitrogens is 1. The Hall–Kier alpha value is -2.56. The fourth-order valence-electron chi connectivity index (χ4n) is 2.61. The number of aromatic amines is 1. The number of fused-ring (bicyclic) bond motifs is 1. The van der Waals surface area contributed by atoms with Crippen molar-refractivity contribution in [3.05, 3.63) is 47.8 Å². The topological polar surface area (TPSA) is 116 Å². The lowest BCUT2D eigenvalue weighted by Crippen LogP contribution is -2.53. The molecule has 0 fully saturated rings. The molecule has 3 aromatic rings. The second-order valence-electron chi connectivity index (χ2n) is 6.56. The van der Waals surface area contributed by atoms with Gasteiger partial charge >= 0.3 is 12.2 Å². The monoisotopic (exact) mass is 433 g/mol. The third-order valence-electron chi connectivity index (χ3n) is 4.61. The minimum Gasteiger partial charge on any atom is -0.435 e. The standard InChI is InChI=1S/C19H20N4O4S2/c1-12-15(11-29-17-21-13-5-3-4-6-14(13)22-17)20-8-7-16(12)28-10-9-23(2,18(24)25)19(26)27/h3-8H,9-11H2,1-2H3,(H2-,21,22,24,25,26,27)/p+1.